The molecule has 0 unspecified atom stereocenters. The smallest absolute Gasteiger partial charge is 0.168 e. The molecule has 1 nitrogen and oxygen atoms in total. The summed E-state index contributed by atoms with van der Waals surface area (Å²) in [6, 6.07) is 1.86. The van der Waals surface area contributed by atoms with Gasteiger partial charge in [0.2, 0.25) is 0 Å². The molecule has 0 heterocycles. The lowest BCUT2D eigenvalue weighted by Gasteiger charge is -2.12. The van der Waals surface area contributed by atoms with E-state index < -0.39 is 0 Å². The lowest BCUT2D eigenvalue weighted by Crippen LogP contribution is -1.99. The second kappa shape index (κ2) is 3.77. The highest BCUT2D eigenvalue weighted by molar-refractivity contribution is 5.44. The van der Waals surface area contributed by atoms with Gasteiger partial charge in [-0.25, -0.2) is 4.39 Å². The topological polar surface area (TPSA) is 9.23 Å². The van der Waals surface area contributed by atoms with Gasteiger partial charge < -0.3 is 4.74 Å². The summed E-state index contributed by atoms with van der Waals surface area (Å²) in [6.07, 6.45) is 0.798. The number of halogens is 1. The van der Waals surface area contributed by atoms with Crippen molar-refractivity contribution >= 4 is 0 Å². The average molecular weight is 182 g/mol. The van der Waals surface area contributed by atoms with Gasteiger partial charge in [0.25, 0.3) is 0 Å². The predicted molar refractivity (Wildman–Crippen MR) is 51.8 cm³/mol. The van der Waals surface area contributed by atoms with Gasteiger partial charge in [-0.05, 0) is 37.0 Å². The molecule has 0 fully saturated rings. The molecule has 0 aliphatic rings. The SMILES string of the molecule is CCc1c(C)cc(C)c(F)c1OC. The molecule has 13 heavy (non-hydrogen) atoms. The van der Waals surface area contributed by atoms with E-state index in [-0.39, 0.29) is 5.82 Å². The third-order valence-electron chi connectivity index (χ3n) is 2.29. The van der Waals surface area contributed by atoms with Crippen LogP contribution < -0.4 is 4.74 Å². The molecule has 0 aromatic heterocycles. The van der Waals surface area contributed by atoms with Crippen LogP contribution in [0.1, 0.15) is 23.6 Å². The number of methoxy groups -OCH3 is 1. The van der Waals surface area contributed by atoms with E-state index in [1.807, 2.05) is 19.9 Å². The zero-order valence-electron chi connectivity index (χ0n) is 8.57. The van der Waals surface area contributed by atoms with Crippen LogP contribution in [0, 0.1) is 19.7 Å². The van der Waals surface area contributed by atoms with Crippen LogP contribution >= 0.6 is 0 Å². The van der Waals surface area contributed by atoms with Crippen LogP contribution in [0.2, 0.25) is 0 Å². The molecule has 0 atom stereocenters. The van der Waals surface area contributed by atoms with Crippen LogP contribution in [0.5, 0.6) is 5.75 Å². The van der Waals surface area contributed by atoms with Crippen molar-refractivity contribution in [1.29, 1.82) is 0 Å². The van der Waals surface area contributed by atoms with Gasteiger partial charge in [0.15, 0.2) is 11.6 Å². The third kappa shape index (κ3) is 1.67. The lowest BCUT2D eigenvalue weighted by molar-refractivity contribution is 0.380. The van der Waals surface area contributed by atoms with E-state index >= 15 is 0 Å². The van der Waals surface area contributed by atoms with Crippen molar-refractivity contribution in [2.24, 2.45) is 0 Å². The number of hydrogen-bond donors (Lipinski definition) is 0. The lowest BCUT2D eigenvalue weighted by atomic mass is 10.0. The second-order valence-corrected chi connectivity index (χ2v) is 3.19. The summed E-state index contributed by atoms with van der Waals surface area (Å²) >= 11 is 0. The molecular weight excluding hydrogens is 167 g/mol. The highest BCUT2D eigenvalue weighted by Gasteiger charge is 2.12. The molecular formula is C11H15FO. The highest BCUT2D eigenvalue weighted by Crippen LogP contribution is 2.28. The van der Waals surface area contributed by atoms with Crippen LogP contribution in [0.3, 0.4) is 0 Å². The second-order valence-electron chi connectivity index (χ2n) is 3.19. The summed E-state index contributed by atoms with van der Waals surface area (Å²) in [4.78, 5) is 0. The van der Waals surface area contributed by atoms with Crippen LogP contribution in [-0.2, 0) is 6.42 Å². The first kappa shape index (κ1) is 10.0. The van der Waals surface area contributed by atoms with Gasteiger partial charge in [-0.2, -0.15) is 0 Å². The van der Waals surface area contributed by atoms with Crippen LogP contribution in [0.15, 0.2) is 6.07 Å². The first-order chi connectivity index (χ1) is 6.11. The predicted octanol–water partition coefficient (Wildman–Crippen LogP) is 3.01. The van der Waals surface area contributed by atoms with Crippen LogP contribution in [0.4, 0.5) is 4.39 Å². The van der Waals surface area contributed by atoms with Crippen molar-refractivity contribution in [3.05, 3.63) is 28.6 Å². The van der Waals surface area contributed by atoms with Crippen molar-refractivity contribution in [2.45, 2.75) is 27.2 Å². The van der Waals surface area contributed by atoms with Crippen LogP contribution in [-0.4, -0.2) is 7.11 Å². The zero-order valence-corrected chi connectivity index (χ0v) is 8.57. The summed E-state index contributed by atoms with van der Waals surface area (Å²) in [5.74, 6) is 0.171. The Bertz CT molecular complexity index is 318. The van der Waals surface area contributed by atoms with Gasteiger partial charge in [-0.1, -0.05) is 13.0 Å². The highest BCUT2D eigenvalue weighted by atomic mass is 19.1. The number of rotatable bonds is 2. The van der Waals surface area contributed by atoms with E-state index in [1.54, 1.807) is 6.92 Å². The van der Waals surface area contributed by atoms with E-state index in [1.165, 1.54) is 7.11 Å². The van der Waals surface area contributed by atoms with Crippen molar-refractivity contribution in [1.82, 2.24) is 0 Å². The molecule has 72 valence electrons. The number of aryl methyl sites for hydroxylation is 2. The summed E-state index contributed by atoms with van der Waals surface area (Å²) in [5.41, 5.74) is 2.70. The molecule has 0 aliphatic heterocycles. The zero-order chi connectivity index (χ0) is 10.0. The molecule has 0 spiro atoms. The minimum absolute atomic E-state index is 0.232. The molecule has 2 heteroatoms. The van der Waals surface area contributed by atoms with E-state index in [0.29, 0.717) is 11.3 Å². The van der Waals surface area contributed by atoms with Crippen molar-refractivity contribution in [3.8, 4) is 5.75 Å². The monoisotopic (exact) mass is 182 g/mol. The number of hydrogen-bond acceptors (Lipinski definition) is 1. The fraction of sp³-hybridized carbons (Fsp3) is 0.455. The Morgan fingerprint density at radius 3 is 2.38 bits per heavy atom. The van der Waals surface area contributed by atoms with E-state index in [9.17, 15) is 4.39 Å². The van der Waals surface area contributed by atoms with Crippen molar-refractivity contribution in [2.75, 3.05) is 7.11 Å². The van der Waals surface area contributed by atoms with Crippen LogP contribution in [0.25, 0.3) is 0 Å². The fourth-order valence-corrected chi connectivity index (χ4v) is 1.62. The minimum Gasteiger partial charge on any atom is -0.493 e. The molecule has 0 bridgehead atoms. The molecule has 0 amide bonds. The Hall–Kier alpha value is -1.05. The Balaban J connectivity index is 3.41. The molecule has 0 saturated carbocycles. The quantitative estimate of drug-likeness (QED) is 0.683. The average Bonchev–Trinajstić information content (AvgIpc) is 2.10. The molecule has 0 saturated heterocycles. The fourth-order valence-electron chi connectivity index (χ4n) is 1.62. The van der Waals surface area contributed by atoms with Gasteiger partial charge in [0, 0.05) is 0 Å². The maximum atomic E-state index is 13.5. The van der Waals surface area contributed by atoms with E-state index in [4.69, 9.17) is 4.74 Å². The third-order valence-corrected chi connectivity index (χ3v) is 2.29. The molecule has 1 rings (SSSR count). The Morgan fingerprint density at radius 2 is 1.92 bits per heavy atom. The molecule has 0 N–H and O–H groups in total. The standard InChI is InChI=1S/C11H15FO/c1-5-9-7(2)6-8(3)10(12)11(9)13-4/h6H,5H2,1-4H3. The Labute approximate surface area is 78.5 Å². The maximum absolute atomic E-state index is 13.5. The largest absolute Gasteiger partial charge is 0.493 e. The molecule has 0 aliphatic carbocycles. The van der Waals surface area contributed by atoms with E-state index in [0.717, 1.165) is 17.5 Å². The normalized spacial score (nSPS) is 10.2. The maximum Gasteiger partial charge on any atom is 0.168 e. The van der Waals surface area contributed by atoms with Crippen molar-refractivity contribution in [3.63, 3.8) is 0 Å². The van der Waals surface area contributed by atoms with E-state index in [2.05, 4.69) is 0 Å². The minimum atomic E-state index is -0.232. The Morgan fingerprint density at radius 1 is 1.31 bits per heavy atom. The summed E-state index contributed by atoms with van der Waals surface area (Å²) in [5, 5.41) is 0. The number of benzene rings is 1. The summed E-state index contributed by atoms with van der Waals surface area (Å²) < 4.78 is 18.6. The summed E-state index contributed by atoms with van der Waals surface area (Å²) in [6.45, 7) is 5.73. The summed E-state index contributed by atoms with van der Waals surface area (Å²) in [7, 11) is 1.51. The van der Waals surface area contributed by atoms with Gasteiger partial charge in [-0.3, -0.25) is 0 Å². The van der Waals surface area contributed by atoms with Gasteiger partial charge in [0.1, 0.15) is 0 Å². The first-order valence-corrected chi connectivity index (χ1v) is 4.44. The van der Waals surface area contributed by atoms with Crippen molar-refractivity contribution < 1.29 is 9.13 Å². The molecule has 1 aromatic rings. The molecule has 0 radical (unpaired) electrons. The number of ether oxygens (including phenoxy) is 1. The molecule has 1 aromatic carbocycles. The van der Waals surface area contributed by atoms with Gasteiger partial charge in [-0.15, -0.1) is 0 Å². The van der Waals surface area contributed by atoms with Gasteiger partial charge >= 0.3 is 0 Å². The first-order valence-electron chi connectivity index (χ1n) is 4.44. The Kier molecular flexibility index (Phi) is 2.91. The van der Waals surface area contributed by atoms with Gasteiger partial charge in [0.05, 0.1) is 7.11 Å².